The first-order valence-electron chi connectivity index (χ1n) is 9.28. The third kappa shape index (κ3) is 4.21. The van der Waals surface area contributed by atoms with Crippen molar-refractivity contribution in [1.82, 2.24) is 30.8 Å². The van der Waals surface area contributed by atoms with Crippen LogP contribution in [0.2, 0.25) is 0 Å². The molecule has 27 heavy (non-hydrogen) atoms. The molecule has 2 N–H and O–H groups in total. The van der Waals surface area contributed by atoms with Crippen LogP contribution in [0.25, 0.3) is 5.69 Å². The largest absolute Gasteiger partial charge is 0.309 e. The van der Waals surface area contributed by atoms with Crippen molar-refractivity contribution in [2.75, 3.05) is 12.8 Å². The second kappa shape index (κ2) is 8.65. The van der Waals surface area contributed by atoms with Crippen molar-refractivity contribution in [2.45, 2.75) is 36.6 Å². The highest BCUT2D eigenvalue weighted by Crippen LogP contribution is 2.24. The quantitative estimate of drug-likeness (QED) is 0.641. The molecule has 0 amide bonds. The molecule has 6 nitrogen and oxygen atoms in total. The molecule has 0 radical (unpaired) electrons. The Morgan fingerprint density at radius 2 is 2.07 bits per heavy atom. The molecule has 3 aromatic rings. The number of benzene rings is 2. The fourth-order valence-electron chi connectivity index (χ4n) is 3.63. The summed E-state index contributed by atoms with van der Waals surface area (Å²) in [7, 11) is 0. The van der Waals surface area contributed by atoms with E-state index in [2.05, 4.69) is 74.7 Å². The molecule has 2 aromatic carbocycles. The van der Waals surface area contributed by atoms with Gasteiger partial charge in [-0.2, -0.15) is 4.68 Å². The zero-order valence-corrected chi connectivity index (χ0v) is 16.2. The fourth-order valence-corrected chi connectivity index (χ4v) is 4.07. The van der Waals surface area contributed by atoms with Crippen molar-refractivity contribution >= 4 is 11.8 Å². The normalized spacial score (nSPS) is 19.9. The van der Waals surface area contributed by atoms with Gasteiger partial charge in [-0.1, -0.05) is 54.2 Å². The summed E-state index contributed by atoms with van der Waals surface area (Å²) in [6.45, 7) is 1.89. The number of thioether (sulfide) groups is 1. The number of tetrazole rings is 1. The summed E-state index contributed by atoms with van der Waals surface area (Å²) in [6.07, 6.45) is 4.35. The highest BCUT2D eigenvalue weighted by molar-refractivity contribution is 7.98. The molecular formula is C20H24N6S. The van der Waals surface area contributed by atoms with Gasteiger partial charge in [-0.3, -0.25) is 0 Å². The summed E-state index contributed by atoms with van der Waals surface area (Å²) in [5.41, 5.74) is 3.57. The summed E-state index contributed by atoms with van der Waals surface area (Å²) < 4.78 is 1.78. The van der Waals surface area contributed by atoms with E-state index in [0.717, 1.165) is 23.9 Å². The van der Waals surface area contributed by atoms with E-state index < -0.39 is 0 Å². The van der Waals surface area contributed by atoms with Crippen molar-refractivity contribution in [3.8, 4) is 5.69 Å². The highest BCUT2D eigenvalue weighted by Gasteiger charge is 2.25. The Bertz CT molecular complexity index is 866. The van der Waals surface area contributed by atoms with Gasteiger partial charge >= 0.3 is 0 Å². The van der Waals surface area contributed by atoms with Gasteiger partial charge in [-0.15, -0.1) is 5.10 Å². The van der Waals surface area contributed by atoms with Crippen molar-refractivity contribution in [1.29, 1.82) is 0 Å². The monoisotopic (exact) mass is 380 g/mol. The molecule has 2 atom stereocenters. The van der Waals surface area contributed by atoms with Crippen LogP contribution in [-0.2, 0) is 6.54 Å². The van der Waals surface area contributed by atoms with Crippen LogP contribution in [0.4, 0.5) is 0 Å². The zero-order chi connectivity index (χ0) is 18.5. The molecule has 1 aliphatic heterocycles. The molecule has 7 heteroatoms. The van der Waals surface area contributed by atoms with E-state index in [0.29, 0.717) is 12.1 Å². The van der Waals surface area contributed by atoms with Crippen LogP contribution >= 0.6 is 11.8 Å². The molecule has 2 heterocycles. The maximum absolute atomic E-state index is 4.10. The highest BCUT2D eigenvalue weighted by atomic mass is 32.2. The number of nitrogens with one attached hydrogen (secondary N) is 2. The minimum Gasteiger partial charge on any atom is -0.309 e. The number of rotatable bonds is 6. The molecule has 0 aliphatic carbocycles. The molecule has 1 aliphatic rings. The molecule has 4 rings (SSSR count). The van der Waals surface area contributed by atoms with Crippen molar-refractivity contribution in [3.05, 3.63) is 65.7 Å². The van der Waals surface area contributed by atoms with Gasteiger partial charge in [0.1, 0.15) is 0 Å². The van der Waals surface area contributed by atoms with Crippen LogP contribution in [0.3, 0.4) is 0 Å². The molecule has 1 fully saturated rings. The summed E-state index contributed by atoms with van der Waals surface area (Å²) in [5.74, 6) is 0. The molecule has 140 valence electrons. The maximum atomic E-state index is 4.10. The number of piperidine rings is 1. The average Bonchev–Trinajstić information content (AvgIpc) is 3.22. The molecule has 1 saturated heterocycles. The fraction of sp³-hybridized carbons (Fsp3) is 0.350. The van der Waals surface area contributed by atoms with Crippen LogP contribution in [0, 0.1) is 0 Å². The van der Waals surface area contributed by atoms with Crippen LogP contribution in [0.5, 0.6) is 0 Å². The first-order valence-corrected chi connectivity index (χ1v) is 10.5. The van der Waals surface area contributed by atoms with Gasteiger partial charge in [0.05, 0.1) is 5.69 Å². The van der Waals surface area contributed by atoms with E-state index in [1.165, 1.54) is 35.7 Å². The summed E-state index contributed by atoms with van der Waals surface area (Å²) in [4.78, 5) is 0. The Hall–Kier alpha value is -2.22. The third-order valence-corrected chi connectivity index (χ3v) is 5.58. The number of hydrogen-bond donors (Lipinski definition) is 2. The Morgan fingerprint density at radius 1 is 1.19 bits per heavy atom. The number of aromatic nitrogens is 4. The standard InChI is InChI=1S/C20H24N6S/c1-27-20-23-24-25-26(20)17-10-5-7-15(13-17)14-22-18-11-6-12-21-19(18)16-8-3-2-4-9-16/h2-5,7-10,13,18-19,21-22H,6,11-12,14H2,1H3. The molecule has 0 saturated carbocycles. The van der Waals surface area contributed by atoms with E-state index in [4.69, 9.17) is 0 Å². The first-order chi connectivity index (χ1) is 13.3. The number of nitrogens with zero attached hydrogens (tertiary/aromatic N) is 4. The second-order valence-corrected chi connectivity index (χ2v) is 7.49. The van der Waals surface area contributed by atoms with Gasteiger partial charge in [0, 0.05) is 18.6 Å². The second-order valence-electron chi connectivity index (χ2n) is 6.72. The Labute approximate surface area is 163 Å². The Morgan fingerprint density at radius 3 is 2.93 bits per heavy atom. The van der Waals surface area contributed by atoms with Crippen molar-refractivity contribution < 1.29 is 0 Å². The van der Waals surface area contributed by atoms with Crippen molar-refractivity contribution in [3.63, 3.8) is 0 Å². The van der Waals surface area contributed by atoms with Crippen LogP contribution < -0.4 is 10.6 Å². The first kappa shape index (κ1) is 18.2. The minimum absolute atomic E-state index is 0.353. The molecular weight excluding hydrogens is 356 g/mol. The van der Waals surface area contributed by atoms with E-state index in [9.17, 15) is 0 Å². The predicted molar refractivity (Wildman–Crippen MR) is 108 cm³/mol. The van der Waals surface area contributed by atoms with E-state index in [1.807, 2.05) is 12.3 Å². The SMILES string of the molecule is CSc1nnnn1-c1cccc(CNC2CCCNC2c2ccccc2)c1. The molecule has 0 spiro atoms. The lowest BCUT2D eigenvalue weighted by Crippen LogP contribution is -2.45. The van der Waals surface area contributed by atoms with Gasteiger partial charge in [-0.25, -0.2) is 0 Å². The molecule has 1 aromatic heterocycles. The summed E-state index contributed by atoms with van der Waals surface area (Å²) in [5, 5.41) is 20.2. The van der Waals surface area contributed by atoms with Crippen molar-refractivity contribution in [2.24, 2.45) is 0 Å². The summed E-state index contributed by atoms with van der Waals surface area (Å²) >= 11 is 1.54. The van der Waals surface area contributed by atoms with E-state index >= 15 is 0 Å². The molecule has 0 bridgehead atoms. The Kier molecular flexibility index (Phi) is 5.81. The third-order valence-electron chi connectivity index (χ3n) is 4.96. The minimum atomic E-state index is 0.353. The summed E-state index contributed by atoms with van der Waals surface area (Å²) in [6, 6.07) is 19.9. The van der Waals surface area contributed by atoms with Crippen LogP contribution in [-0.4, -0.2) is 39.0 Å². The lowest BCUT2D eigenvalue weighted by molar-refractivity contribution is 0.304. The number of hydrogen-bond acceptors (Lipinski definition) is 6. The van der Waals surface area contributed by atoms with Gasteiger partial charge in [0.15, 0.2) is 0 Å². The average molecular weight is 381 g/mol. The lowest BCUT2D eigenvalue weighted by atomic mass is 9.92. The van der Waals surface area contributed by atoms with Gasteiger partial charge in [-0.05, 0) is 59.3 Å². The topological polar surface area (TPSA) is 67.7 Å². The van der Waals surface area contributed by atoms with Gasteiger partial charge in [0.25, 0.3) is 0 Å². The Balaban J connectivity index is 1.47. The maximum Gasteiger partial charge on any atom is 0.213 e. The van der Waals surface area contributed by atoms with E-state index in [1.54, 1.807) is 4.68 Å². The predicted octanol–water partition coefficient (Wildman–Crippen LogP) is 2.97. The smallest absolute Gasteiger partial charge is 0.213 e. The lowest BCUT2D eigenvalue weighted by Gasteiger charge is -2.34. The molecule has 2 unspecified atom stereocenters. The van der Waals surface area contributed by atoms with Gasteiger partial charge in [0.2, 0.25) is 5.16 Å². The van der Waals surface area contributed by atoms with Crippen LogP contribution in [0.1, 0.15) is 30.0 Å². The zero-order valence-electron chi connectivity index (χ0n) is 15.4. The van der Waals surface area contributed by atoms with Gasteiger partial charge < -0.3 is 10.6 Å². The van der Waals surface area contributed by atoms with Crippen LogP contribution in [0.15, 0.2) is 59.8 Å². The van der Waals surface area contributed by atoms with E-state index in [-0.39, 0.29) is 0 Å².